The highest BCUT2D eigenvalue weighted by atomic mass is 32.2. The fourth-order valence-electron chi connectivity index (χ4n) is 1.26. The SMILES string of the molecule is N#CC(C#N)c1ccccc1S(=O)(=O)C(F)(F)F. The average Bonchev–Trinajstić information content (AvgIpc) is 2.29. The third kappa shape index (κ3) is 2.29. The Kier molecular flexibility index (Phi) is 3.63. The third-order valence-corrected chi connectivity index (χ3v) is 3.64. The van der Waals surface area contributed by atoms with Crippen molar-refractivity contribution in [2.24, 2.45) is 0 Å². The number of benzene rings is 1. The fraction of sp³-hybridized carbons (Fsp3) is 0.200. The maximum absolute atomic E-state index is 12.4. The van der Waals surface area contributed by atoms with Crippen molar-refractivity contribution in [1.82, 2.24) is 0 Å². The summed E-state index contributed by atoms with van der Waals surface area (Å²) >= 11 is 0. The zero-order valence-electron chi connectivity index (χ0n) is 8.64. The van der Waals surface area contributed by atoms with E-state index < -0.39 is 31.7 Å². The second-order valence-electron chi connectivity index (χ2n) is 3.18. The lowest BCUT2D eigenvalue weighted by atomic mass is 10.0. The van der Waals surface area contributed by atoms with Crippen LogP contribution >= 0.6 is 0 Å². The first kappa shape index (κ1) is 14.0. The highest BCUT2D eigenvalue weighted by molar-refractivity contribution is 7.92. The second-order valence-corrected chi connectivity index (χ2v) is 5.09. The Morgan fingerprint density at radius 3 is 2.06 bits per heavy atom. The lowest BCUT2D eigenvalue weighted by Gasteiger charge is -2.12. The lowest BCUT2D eigenvalue weighted by molar-refractivity contribution is -0.0436. The van der Waals surface area contributed by atoms with Gasteiger partial charge in [-0.2, -0.15) is 23.7 Å². The molecule has 0 heterocycles. The zero-order chi connectivity index (χ0) is 14.0. The number of rotatable bonds is 2. The quantitative estimate of drug-likeness (QED) is 0.827. The molecule has 0 aromatic heterocycles. The first-order valence-corrected chi connectivity index (χ1v) is 5.93. The minimum Gasteiger partial charge on any atom is -0.214 e. The van der Waals surface area contributed by atoms with E-state index >= 15 is 0 Å². The number of hydrogen-bond donors (Lipinski definition) is 0. The molecule has 1 aromatic rings. The molecule has 0 aliphatic heterocycles. The van der Waals surface area contributed by atoms with Crippen LogP contribution in [0.3, 0.4) is 0 Å². The second kappa shape index (κ2) is 4.67. The molecule has 0 unspecified atom stereocenters. The van der Waals surface area contributed by atoms with Crippen LogP contribution in [0.5, 0.6) is 0 Å². The van der Waals surface area contributed by atoms with Crippen molar-refractivity contribution in [3.63, 3.8) is 0 Å². The highest BCUT2D eigenvalue weighted by Gasteiger charge is 2.48. The van der Waals surface area contributed by atoms with Crippen molar-refractivity contribution in [2.75, 3.05) is 0 Å². The number of halogens is 3. The van der Waals surface area contributed by atoms with Crippen molar-refractivity contribution in [3.8, 4) is 12.1 Å². The minimum absolute atomic E-state index is 0.472. The molecule has 0 saturated carbocycles. The summed E-state index contributed by atoms with van der Waals surface area (Å²) in [6.07, 6.45) is 0. The van der Waals surface area contributed by atoms with Crippen LogP contribution in [-0.2, 0) is 9.84 Å². The van der Waals surface area contributed by atoms with Crippen LogP contribution in [0.4, 0.5) is 13.2 Å². The molecule has 0 radical (unpaired) electrons. The molecule has 0 amide bonds. The van der Waals surface area contributed by atoms with E-state index in [1.165, 1.54) is 18.2 Å². The molecule has 8 heteroatoms. The zero-order valence-corrected chi connectivity index (χ0v) is 9.46. The predicted octanol–water partition coefficient (Wildman–Crippen LogP) is 2.11. The molecule has 1 aromatic carbocycles. The Hall–Kier alpha value is -2.06. The van der Waals surface area contributed by atoms with Gasteiger partial charge in [-0.25, -0.2) is 8.42 Å². The van der Waals surface area contributed by atoms with Crippen molar-refractivity contribution in [1.29, 1.82) is 10.5 Å². The number of nitriles is 2. The van der Waals surface area contributed by atoms with Crippen molar-refractivity contribution >= 4 is 9.84 Å². The van der Waals surface area contributed by atoms with Gasteiger partial charge in [0.2, 0.25) is 0 Å². The summed E-state index contributed by atoms with van der Waals surface area (Å²) in [5.41, 5.74) is -5.95. The molecule has 0 bridgehead atoms. The Balaban J connectivity index is 3.56. The smallest absolute Gasteiger partial charge is 0.214 e. The van der Waals surface area contributed by atoms with E-state index in [2.05, 4.69) is 0 Å². The van der Waals surface area contributed by atoms with Crippen LogP contribution in [0.1, 0.15) is 11.5 Å². The van der Waals surface area contributed by atoms with Gasteiger partial charge in [0.1, 0.15) is 0 Å². The maximum Gasteiger partial charge on any atom is 0.501 e. The van der Waals surface area contributed by atoms with E-state index in [0.29, 0.717) is 0 Å². The van der Waals surface area contributed by atoms with E-state index in [9.17, 15) is 21.6 Å². The Labute approximate surface area is 101 Å². The maximum atomic E-state index is 12.4. The molecule has 4 nitrogen and oxygen atoms in total. The van der Waals surface area contributed by atoms with Gasteiger partial charge >= 0.3 is 5.51 Å². The number of hydrogen-bond acceptors (Lipinski definition) is 4. The Morgan fingerprint density at radius 2 is 1.61 bits per heavy atom. The van der Waals surface area contributed by atoms with Crippen LogP contribution < -0.4 is 0 Å². The molecule has 0 saturated heterocycles. The summed E-state index contributed by atoms with van der Waals surface area (Å²) in [6.45, 7) is 0. The summed E-state index contributed by atoms with van der Waals surface area (Å²) in [6, 6.07) is 6.96. The molecule has 0 spiro atoms. The topological polar surface area (TPSA) is 81.7 Å². The summed E-state index contributed by atoms with van der Waals surface area (Å²) < 4.78 is 59.8. The largest absolute Gasteiger partial charge is 0.501 e. The van der Waals surface area contributed by atoms with E-state index in [-0.39, 0.29) is 0 Å². The molecule has 0 atom stereocenters. The Morgan fingerprint density at radius 1 is 1.11 bits per heavy atom. The van der Waals surface area contributed by atoms with Crippen LogP contribution in [0, 0.1) is 22.7 Å². The Bertz CT molecular complexity index is 624. The summed E-state index contributed by atoms with van der Waals surface area (Å²) in [4.78, 5) is -1.06. The van der Waals surface area contributed by atoms with Crippen LogP contribution in [0.15, 0.2) is 29.2 Å². The van der Waals surface area contributed by atoms with Gasteiger partial charge in [0.25, 0.3) is 9.84 Å². The molecular weight excluding hydrogens is 269 g/mol. The fourth-order valence-corrected chi connectivity index (χ4v) is 2.26. The minimum atomic E-state index is -5.57. The molecule has 1 rings (SSSR count). The molecule has 18 heavy (non-hydrogen) atoms. The van der Waals surface area contributed by atoms with Crippen LogP contribution in [-0.4, -0.2) is 13.9 Å². The molecular formula is C10H5F3N2O2S. The number of alkyl halides is 3. The van der Waals surface area contributed by atoms with Crippen molar-refractivity contribution in [2.45, 2.75) is 16.3 Å². The van der Waals surface area contributed by atoms with Gasteiger partial charge in [-0.05, 0) is 6.07 Å². The monoisotopic (exact) mass is 274 g/mol. The van der Waals surface area contributed by atoms with E-state index in [4.69, 9.17) is 10.5 Å². The highest BCUT2D eigenvalue weighted by Crippen LogP contribution is 2.34. The van der Waals surface area contributed by atoms with Crippen LogP contribution in [0.2, 0.25) is 0 Å². The molecule has 94 valence electrons. The van der Waals surface area contributed by atoms with Gasteiger partial charge in [0.15, 0.2) is 5.92 Å². The van der Waals surface area contributed by atoms with Gasteiger partial charge in [0.05, 0.1) is 17.0 Å². The van der Waals surface area contributed by atoms with Gasteiger partial charge in [-0.15, -0.1) is 0 Å². The van der Waals surface area contributed by atoms with Crippen molar-refractivity contribution < 1.29 is 21.6 Å². The molecule has 0 fully saturated rings. The third-order valence-electron chi connectivity index (χ3n) is 2.08. The van der Waals surface area contributed by atoms with Gasteiger partial charge < -0.3 is 0 Å². The van der Waals surface area contributed by atoms with E-state index in [0.717, 1.165) is 18.2 Å². The summed E-state index contributed by atoms with van der Waals surface area (Å²) in [5, 5.41) is 17.2. The predicted molar refractivity (Wildman–Crippen MR) is 53.6 cm³/mol. The van der Waals surface area contributed by atoms with Gasteiger partial charge in [-0.1, -0.05) is 18.2 Å². The number of sulfone groups is 1. The standard InChI is InChI=1S/C10H5F3N2O2S/c11-10(12,13)18(16,17)9-4-2-1-3-8(9)7(5-14)6-15/h1-4,7H. The molecule has 0 aliphatic carbocycles. The van der Waals surface area contributed by atoms with Crippen LogP contribution in [0.25, 0.3) is 0 Å². The lowest BCUT2D eigenvalue weighted by Crippen LogP contribution is -2.24. The first-order valence-electron chi connectivity index (χ1n) is 4.45. The number of nitrogens with zero attached hydrogens (tertiary/aromatic N) is 2. The average molecular weight is 274 g/mol. The molecule has 0 N–H and O–H groups in total. The normalized spacial score (nSPS) is 11.9. The molecule has 0 aliphatic rings. The van der Waals surface area contributed by atoms with Crippen molar-refractivity contribution in [3.05, 3.63) is 29.8 Å². The van der Waals surface area contributed by atoms with Gasteiger partial charge in [-0.3, -0.25) is 0 Å². The van der Waals surface area contributed by atoms with E-state index in [1.54, 1.807) is 0 Å². The summed E-state index contributed by atoms with van der Waals surface area (Å²) in [5.74, 6) is -1.57. The summed E-state index contributed by atoms with van der Waals surface area (Å²) in [7, 11) is -5.57. The van der Waals surface area contributed by atoms with Gasteiger partial charge in [0, 0.05) is 5.56 Å². The van der Waals surface area contributed by atoms with E-state index in [1.807, 2.05) is 0 Å². The first-order chi connectivity index (χ1) is 8.25.